The van der Waals surface area contributed by atoms with Crippen molar-refractivity contribution in [3.8, 4) is 11.4 Å². The number of carbonyl (C=O) groups is 2. The van der Waals surface area contributed by atoms with Gasteiger partial charge in [0.2, 0.25) is 17.0 Å². The Bertz CT molecular complexity index is 988. The number of rotatable bonds is 7. The highest BCUT2D eigenvalue weighted by Crippen LogP contribution is 2.21. The number of benzene rings is 2. The van der Waals surface area contributed by atoms with Crippen LogP contribution in [-0.2, 0) is 9.59 Å². The number of aryl methyl sites for hydroxylation is 1. The number of likely N-dealkylation sites (N-methyl/N-ethyl adjacent to an activating group) is 1. The van der Waals surface area contributed by atoms with Crippen LogP contribution in [0.5, 0.6) is 0 Å². The number of carbonyl (C=O) groups excluding carboxylic acids is 2. The summed E-state index contributed by atoms with van der Waals surface area (Å²) < 4.78 is 1.36. The van der Waals surface area contributed by atoms with E-state index in [0.717, 1.165) is 11.1 Å². The molecule has 1 heterocycles. The number of hydrogen-bond donors (Lipinski definition) is 2. The van der Waals surface area contributed by atoms with Crippen LogP contribution >= 0.6 is 11.8 Å². The van der Waals surface area contributed by atoms with Gasteiger partial charge in [-0.05, 0) is 19.1 Å². The molecule has 0 aliphatic rings. The second-order valence-corrected chi connectivity index (χ2v) is 7.44. The fourth-order valence-corrected chi connectivity index (χ4v) is 3.33. The summed E-state index contributed by atoms with van der Waals surface area (Å²) >= 11 is 1.17. The van der Waals surface area contributed by atoms with Crippen molar-refractivity contribution in [3.05, 3.63) is 60.2 Å². The number of nitrogens with two attached hydrogens (primary N) is 1. The molecule has 29 heavy (non-hydrogen) atoms. The molecule has 0 atom stereocenters. The smallest absolute Gasteiger partial charge is 0.243 e. The molecule has 3 N–H and O–H groups in total. The van der Waals surface area contributed by atoms with E-state index in [4.69, 9.17) is 5.84 Å². The Hall–Kier alpha value is -3.33. The molecule has 0 aliphatic heterocycles. The molecule has 0 unspecified atom stereocenters. The van der Waals surface area contributed by atoms with Crippen LogP contribution in [0.2, 0.25) is 0 Å². The second-order valence-electron chi connectivity index (χ2n) is 6.49. The van der Waals surface area contributed by atoms with Crippen LogP contribution in [0.25, 0.3) is 11.4 Å². The summed E-state index contributed by atoms with van der Waals surface area (Å²) in [5, 5.41) is 11.3. The number of aromatic nitrogens is 3. The minimum atomic E-state index is -0.261. The monoisotopic (exact) mass is 410 g/mol. The molecule has 3 aromatic rings. The van der Waals surface area contributed by atoms with Gasteiger partial charge < -0.3 is 16.1 Å². The van der Waals surface area contributed by atoms with Crippen molar-refractivity contribution in [1.82, 2.24) is 19.8 Å². The van der Waals surface area contributed by atoms with Crippen LogP contribution in [0.15, 0.2) is 59.8 Å². The Morgan fingerprint density at radius 1 is 1.10 bits per heavy atom. The van der Waals surface area contributed by atoms with E-state index in [0.29, 0.717) is 16.7 Å². The Morgan fingerprint density at radius 3 is 2.48 bits per heavy atom. The molecule has 3 rings (SSSR count). The molecular weight excluding hydrogens is 388 g/mol. The zero-order valence-corrected chi connectivity index (χ0v) is 17.0. The second kappa shape index (κ2) is 9.24. The molecule has 0 saturated heterocycles. The van der Waals surface area contributed by atoms with Crippen molar-refractivity contribution in [1.29, 1.82) is 0 Å². The Labute approximate surface area is 173 Å². The Balaban J connectivity index is 1.52. The summed E-state index contributed by atoms with van der Waals surface area (Å²) in [6.07, 6.45) is 0. The minimum Gasteiger partial charge on any atom is -0.336 e. The van der Waals surface area contributed by atoms with E-state index in [1.807, 2.05) is 61.5 Å². The topological polar surface area (TPSA) is 106 Å². The van der Waals surface area contributed by atoms with Gasteiger partial charge in [0.25, 0.3) is 0 Å². The number of nitrogen functional groups attached to an aromatic ring is 1. The average molecular weight is 411 g/mol. The van der Waals surface area contributed by atoms with Crippen molar-refractivity contribution in [2.45, 2.75) is 12.1 Å². The molecule has 2 aromatic carbocycles. The van der Waals surface area contributed by atoms with E-state index in [2.05, 4.69) is 15.5 Å². The lowest BCUT2D eigenvalue weighted by Crippen LogP contribution is -2.36. The predicted octanol–water partition coefficient (Wildman–Crippen LogP) is 2.16. The number of thioether (sulfide) groups is 1. The lowest BCUT2D eigenvalue weighted by Gasteiger charge is -2.16. The molecule has 2 amide bonds. The average Bonchev–Trinajstić information content (AvgIpc) is 3.08. The SMILES string of the molecule is Cc1ccc(NC(=O)CN(C)C(=O)CSc2nnc(-c3ccccc3)n2N)cc1. The van der Waals surface area contributed by atoms with Gasteiger partial charge in [0.1, 0.15) is 0 Å². The van der Waals surface area contributed by atoms with Crippen molar-refractivity contribution in [3.63, 3.8) is 0 Å². The molecule has 0 fully saturated rings. The van der Waals surface area contributed by atoms with E-state index < -0.39 is 0 Å². The van der Waals surface area contributed by atoms with E-state index in [1.54, 1.807) is 7.05 Å². The normalized spacial score (nSPS) is 10.6. The molecular formula is C20H22N6O2S. The van der Waals surface area contributed by atoms with Crippen LogP contribution in [0.1, 0.15) is 5.56 Å². The quantitative estimate of drug-likeness (QED) is 0.457. The number of nitrogens with zero attached hydrogens (tertiary/aromatic N) is 4. The predicted molar refractivity (Wildman–Crippen MR) is 114 cm³/mol. The zero-order valence-electron chi connectivity index (χ0n) is 16.2. The third-order valence-corrected chi connectivity index (χ3v) is 5.09. The lowest BCUT2D eigenvalue weighted by molar-refractivity contribution is -0.131. The third-order valence-electron chi connectivity index (χ3n) is 4.16. The van der Waals surface area contributed by atoms with E-state index in [9.17, 15) is 9.59 Å². The van der Waals surface area contributed by atoms with Crippen molar-refractivity contribution in [2.75, 3.05) is 30.5 Å². The highest BCUT2D eigenvalue weighted by Gasteiger charge is 2.17. The summed E-state index contributed by atoms with van der Waals surface area (Å²) in [5.74, 6) is 6.20. The molecule has 9 heteroatoms. The molecule has 0 radical (unpaired) electrons. The number of hydrogen-bond acceptors (Lipinski definition) is 6. The summed E-state index contributed by atoms with van der Waals surface area (Å²) in [6.45, 7) is 1.93. The first-order valence-electron chi connectivity index (χ1n) is 8.93. The number of amides is 2. The van der Waals surface area contributed by atoms with Gasteiger partial charge in [-0.3, -0.25) is 9.59 Å². The number of nitrogens with one attached hydrogen (secondary N) is 1. The highest BCUT2D eigenvalue weighted by molar-refractivity contribution is 7.99. The first-order chi connectivity index (χ1) is 13.9. The van der Waals surface area contributed by atoms with Gasteiger partial charge in [-0.1, -0.05) is 59.8 Å². The Morgan fingerprint density at radius 2 is 1.79 bits per heavy atom. The van der Waals surface area contributed by atoms with Gasteiger partial charge in [-0.2, -0.15) is 0 Å². The van der Waals surface area contributed by atoms with Gasteiger partial charge in [-0.25, -0.2) is 4.68 Å². The van der Waals surface area contributed by atoms with Gasteiger partial charge >= 0.3 is 0 Å². The summed E-state index contributed by atoms with van der Waals surface area (Å²) in [7, 11) is 1.58. The maximum absolute atomic E-state index is 12.4. The van der Waals surface area contributed by atoms with Gasteiger partial charge in [0.05, 0.1) is 12.3 Å². The Kier molecular flexibility index (Phi) is 6.50. The fourth-order valence-electron chi connectivity index (χ4n) is 2.54. The van der Waals surface area contributed by atoms with Crippen LogP contribution < -0.4 is 11.2 Å². The molecule has 0 saturated carbocycles. The molecule has 150 valence electrons. The summed E-state index contributed by atoms with van der Waals surface area (Å²) in [4.78, 5) is 25.9. The molecule has 0 spiro atoms. The summed E-state index contributed by atoms with van der Waals surface area (Å²) in [5.41, 5.74) is 2.64. The first-order valence-corrected chi connectivity index (χ1v) is 9.92. The summed E-state index contributed by atoms with van der Waals surface area (Å²) in [6, 6.07) is 16.9. The van der Waals surface area contributed by atoms with Gasteiger partial charge in [-0.15, -0.1) is 10.2 Å². The minimum absolute atomic E-state index is 0.0438. The van der Waals surface area contributed by atoms with Crippen molar-refractivity contribution in [2.24, 2.45) is 0 Å². The molecule has 0 bridgehead atoms. The molecule has 1 aromatic heterocycles. The van der Waals surface area contributed by atoms with Crippen LogP contribution in [0, 0.1) is 6.92 Å². The van der Waals surface area contributed by atoms with Crippen LogP contribution in [-0.4, -0.2) is 50.9 Å². The van der Waals surface area contributed by atoms with Gasteiger partial charge in [0, 0.05) is 18.3 Å². The lowest BCUT2D eigenvalue weighted by atomic mass is 10.2. The van der Waals surface area contributed by atoms with Crippen LogP contribution in [0.3, 0.4) is 0 Å². The zero-order chi connectivity index (χ0) is 20.8. The first kappa shape index (κ1) is 20.4. The van der Waals surface area contributed by atoms with Crippen molar-refractivity contribution < 1.29 is 9.59 Å². The van der Waals surface area contributed by atoms with E-state index >= 15 is 0 Å². The third kappa shape index (κ3) is 5.35. The standard InChI is InChI=1S/C20H22N6O2S/c1-14-8-10-16(11-9-14)22-17(27)12-25(2)18(28)13-29-20-24-23-19(26(20)21)15-6-4-3-5-7-15/h3-11H,12-13,21H2,1-2H3,(H,22,27). The number of anilines is 1. The van der Waals surface area contributed by atoms with E-state index in [1.165, 1.54) is 21.3 Å². The molecule has 0 aliphatic carbocycles. The maximum Gasteiger partial charge on any atom is 0.243 e. The molecule has 8 nitrogen and oxygen atoms in total. The van der Waals surface area contributed by atoms with Crippen LogP contribution in [0.4, 0.5) is 5.69 Å². The maximum atomic E-state index is 12.4. The van der Waals surface area contributed by atoms with Crippen molar-refractivity contribution >= 4 is 29.3 Å². The fraction of sp³-hybridized carbons (Fsp3) is 0.200. The highest BCUT2D eigenvalue weighted by atomic mass is 32.2. The largest absolute Gasteiger partial charge is 0.336 e. The van der Waals surface area contributed by atoms with Gasteiger partial charge in [0.15, 0.2) is 5.82 Å². The van der Waals surface area contributed by atoms with E-state index in [-0.39, 0.29) is 24.1 Å².